The third-order valence-corrected chi connectivity index (χ3v) is 4.19. The molecule has 0 radical (unpaired) electrons. The third-order valence-electron chi connectivity index (χ3n) is 4.19. The molecule has 2 aliphatic heterocycles. The maximum absolute atomic E-state index is 11.5. The number of nitrogens with one attached hydrogen (secondary N) is 2. The lowest BCUT2D eigenvalue weighted by Crippen LogP contribution is -2.44. The van der Waals surface area contributed by atoms with Crippen LogP contribution in [-0.2, 0) is 11.2 Å². The fraction of sp³-hybridized carbons (Fsp3) is 0.500. The number of carbonyl (C=O) groups excluding carboxylic acids is 1. The van der Waals surface area contributed by atoms with Gasteiger partial charge in [-0.15, -0.1) is 0 Å². The van der Waals surface area contributed by atoms with Gasteiger partial charge in [-0.05, 0) is 31.5 Å². The molecule has 7 heteroatoms. The fourth-order valence-corrected chi connectivity index (χ4v) is 3.08. The maximum atomic E-state index is 11.5. The van der Waals surface area contributed by atoms with Crippen molar-refractivity contribution in [2.45, 2.75) is 25.3 Å². The van der Waals surface area contributed by atoms with E-state index < -0.39 is 0 Å². The molecular formula is C14H18N4O3. The molecule has 0 saturated carbocycles. The Hall–Kier alpha value is -2.15. The van der Waals surface area contributed by atoms with E-state index in [4.69, 9.17) is 0 Å². The van der Waals surface area contributed by atoms with Crippen molar-refractivity contribution in [1.29, 1.82) is 0 Å². The van der Waals surface area contributed by atoms with E-state index in [2.05, 4.69) is 10.6 Å². The van der Waals surface area contributed by atoms with Gasteiger partial charge in [0.05, 0.1) is 11.3 Å². The number of hydrogen-bond acceptors (Lipinski definition) is 5. The summed E-state index contributed by atoms with van der Waals surface area (Å²) in [6.07, 6.45) is 2.28. The van der Waals surface area contributed by atoms with Crippen molar-refractivity contribution >= 4 is 23.0 Å². The molecule has 7 nitrogen and oxygen atoms in total. The summed E-state index contributed by atoms with van der Waals surface area (Å²) in [7, 11) is 1.91. The van der Waals surface area contributed by atoms with Crippen LogP contribution < -0.4 is 15.5 Å². The lowest BCUT2D eigenvalue weighted by molar-refractivity contribution is -0.384. The summed E-state index contributed by atoms with van der Waals surface area (Å²) in [6, 6.07) is 3.61. The lowest BCUT2D eigenvalue weighted by atomic mass is 10.0. The van der Waals surface area contributed by atoms with Crippen LogP contribution in [0.3, 0.4) is 0 Å². The molecule has 1 saturated heterocycles. The number of piperidine rings is 1. The summed E-state index contributed by atoms with van der Waals surface area (Å²) in [4.78, 5) is 24.5. The van der Waals surface area contributed by atoms with Crippen LogP contribution in [0.2, 0.25) is 0 Å². The van der Waals surface area contributed by atoms with Crippen LogP contribution >= 0.6 is 0 Å². The van der Waals surface area contributed by atoms with Gasteiger partial charge < -0.3 is 15.5 Å². The van der Waals surface area contributed by atoms with Gasteiger partial charge in [0, 0.05) is 30.9 Å². The van der Waals surface area contributed by atoms with Crippen LogP contribution in [0.25, 0.3) is 0 Å². The molecule has 1 atom stereocenters. The van der Waals surface area contributed by atoms with E-state index >= 15 is 0 Å². The molecular weight excluding hydrogens is 272 g/mol. The fourth-order valence-electron chi connectivity index (χ4n) is 3.08. The van der Waals surface area contributed by atoms with Crippen molar-refractivity contribution < 1.29 is 9.72 Å². The summed E-state index contributed by atoms with van der Waals surface area (Å²) in [5.41, 5.74) is 2.09. The Morgan fingerprint density at radius 2 is 2.29 bits per heavy atom. The average Bonchev–Trinajstić information content (AvgIpc) is 2.85. The quantitative estimate of drug-likeness (QED) is 0.646. The standard InChI is InChI=1S/C14H18N4O3/c1-15-10-3-2-4-17(8-10)12-7-11-9(6-14(19)16-11)5-13(12)18(20)21/h5,7,10,15H,2-4,6,8H2,1H3,(H,16,19). The van der Waals surface area contributed by atoms with Gasteiger partial charge in [0.15, 0.2) is 0 Å². The zero-order chi connectivity index (χ0) is 15.0. The summed E-state index contributed by atoms with van der Waals surface area (Å²) in [5, 5.41) is 17.3. The van der Waals surface area contributed by atoms with Crippen LogP contribution in [0.4, 0.5) is 17.1 Å². The van der Waals surface area contributed by atoms with E-state index in [-0.39, 0.29) is 22.9 Å². The maximum Gasteiger partial charge on any atom is 0.292 e. The van der Waals surface area contributed by atoms with E-state index in [0.717, 1.165) is 25.9 Å². The number of benzene rings is 1. The molecule has 3 rings (SSSR count). The molecule has 0 aliphatic carbocycles. The second-order valence-corrected chi connectivity index (χ2v) is 5.55. The van der Waals surface area contributed by atoms with Gasteiger partial charge in [0.25, 0.3) is 5.69 Å². The molecule has 1 aromatic carbocycles. The molecule has 21 heavy (non-hydrogen) atoms. The number of carbonyl (C=O) groups is 1. The Kier molecular flexibility index (Phi) is 3.50. The van der Waals surface area contributed by atoms with E-state index in [1.54, 1.807) is 6.07 Å². The normalized spacial score (nSPS) is 21.1. The van der Waals surface area contributed by atoms with Gasteiger partial charge >= 0.3 is 0 Å². The molecule has 0 spiro atoms. The summed E-state index contributed by atoms with van der Waals surface area (Å²) in [5.74, 6) is -0.108. The first-order valence-corrected chi connectivity index (χ1v) is 7.12. The number of nitro benzene ring substituents is 1. The van der Waals surface area contributed by atoms with Crippen LogP contribution in [0, 0.1) is 10.1 Å². The zero-order valence-electron chi connectivity index (χ0n) is 11.9. The minimum absolute atomic E-state index is 0.0852. The van der Waals surface area contributed by atoms with Crippen molar-refractivity contribution in [3.05, 3.63) is 27.8 Å². The number of rotatable bonds is 3. The largest absolute Gasteiger partial charge is 0.364 e. The highest BCUT2D eigenvalue weighted by Gasteiger charge is 2.29. The number of nitro groups is 1. The Balaban J connectivity index is 1.99. The van der Waals surface area contributed by atoms with E-state index in [0.29, 0.717) is 23.0 Å². The second-order valence-electron chi connectivity index (χ2n) is 5.55. The molecule has 112 valence electrons. The van der Waals surface area contributed by atoms with E-state index in [1.165, 1.54) is 6.07 Å². The smallest absolute Gasteiger partial charge is 0.292 e. The molecule has 1 amide bonds. The molecule has 0 bridgehead atoms. The zero-order valence-corrected chi connectivity index (χ0v) is 11.9. The van der Waals surface area contributed by atoms with Gasteiger partial charge in [-0.2, -0.15) is 0 Å². The highest BCUT2D eigenvalue weighted by atomic mass is 16.6. The number of fused-ring (bicyclic) bond motifs is 1. The SMILES string of the molecule is CNC1CCCN(c2cc3c(cc2[N+](=O)[O-])CC(=O)N3)C1. The Morgan fingerprint density at radius 3 is 3.00 bits per heavy atom. The number of anilines is 2. The highest BCUT2D eigenvalue weighted by Crippen LogP contribution is 2.37. The van der Waals surface area contributed by atoms with Gasteiger partial charge in [-0.3, -0.25) is 14.9 Å². The Morgan fingerprint density at radius 1 is 1.48 bits per heavy atom. The summed E-state index contributed by atoms with van der Waals surface area (Å²) in [6.45, 7) is 1.54. The first kappa shape index (κ1) is 13.8. The van der Waals surface area contributed by atoms with Crippen molar-refractivity contribution in [2.75, 3.05) is 30.4 Å². The van der Waals surface area contributed by atoms with Crippen molar-refractivity contribution in [2.24, 2.45) is 0 Å². The number of nitrogens with zero attached hydrogens (tertiary/aromatic N) is 2. The number of likely N-dealkylation sites (N-methyl/N-ethyl adjacent to an activating group) is 1. The summed E-state index contributed by atoms with van der Waals surface area (Å²) >= 11 is 0. The molecule has 1 unspecified atom stereocenters. The molecule has 2 aliphatic rings. The molecule has 1 aromatic rings. The van der Waals surface area contributed by atoms with E-state index in [9.17, 15) is 14.9 Å². The van der Waals surface area contributed by atoms with Gasteiger partial charge in [-0.1, -0.05) is 0 Å². The summed E-state index contributed by atoms with van der Waals surface area (Å²) < 4.78 is 0. The van der Waals surface area contributed by atoms with Crippen LogP contribution in [0.5, 0.6) is 0 Å². The van der Waals surface area contributed by atoms with Gasteiger partial charge in [0.1, 0.15) is 5.69 Å². The average molecular weight is 290 g/mol. The molecule has 2 N–H and O–H groups in total. The van der Waals surface area contributed by atoms with Crippen LogP contribution in [-0.4, -0.2) is 37.0 Å². The lowest BCUT2D eigenvalue weighted by Gasteiger charge is -2.34. The monoisotopic (exact) mass is 290 g/mol. The topological polar surface area (TPSA) is 87.5 Å². The van der Waals surface area contributed by atoms with Crippen molar-refractivity contribution in [3.8, 4) is 0 Å². The van der Waals surface area contributed by atoms with Crippen molar-refractivity contribution in [3.63, 3.8) is 0 Å². The van der Waals surface area contributed by atoms with E-state index in [1.807, 2.05) is 11.9 Å². The minimum atomic E-state index is -0.360. The van der Waals surface area contributed by atoms with Crippen LogP contribution in [0.15, 0.2) is 12.1 Å². The second kappa shape index (κ2) is 5.33. The first-order chi connectivity index (χ1) is 10.1. The minimum Gasteiger partial charge on any atom is -0.364 e. The van der Waals surface area contributed by atoms with Crippen molar-refractivity contribution in [1.82, 2.24) is 5.32 Å². The molecule has 1 fully saturated rings. The highest BCUT2D eigenvalue weighted by molar-refractivity contribution is 6.00. The predicted molar refractivity (Wildman–Crippen MR) is 79.7 cm³/mol. The number of hydrogen-bond donors (Lipinski definition) is 2. The molecule has 2 heterocycles. The van der Waals surface area contributed by atoms with Crippen LogP contribution in [0.1, 0.15) is 18.4 Å². The van der Waals surface area contributed by atoms with Gasteiger partial charge in [0.2, 0.25) is 5.91 Å². The Labute approximate surface area is 122 Å². The first-order valence-electron chi connectivity index (χ1n) is 7.12. The Bertz CT molecular complexity index is 602. The number of amides is 1. The predicted octanol–water partition coefficient (Wildman–Crippen LogP) is 1.28. The third kappa shape index (κ3) is 2.56. The van der Waals surface area contributed by atoms with Gasteiger partial charge in [-0.25, -0.2) is 0 Å². The molecule has 0 aromatic heterocycles.